The van der Waals surface area contributed by atoms with Crippen LogP contribution in [0.4, 0.5) is 0 Å². The number of hydrogen-bond donors (Lipinski definition) is 0. The molecule has 0 amide bonds. The van der Waals surface area contributed by atoms with E-state index in [1.807, 2.05) is 6.92 Å². The van der Waals surface area contributed by atoms with Gasteiger partial charge in [0.15, 0.2) is 5.78 Å². The van der Waals surface area contributed by atoms with Crippen molar-refractivity contribution in [3.05, 3.63) is 0 Å². The van der Waals surface area contributed by atoms with Gasteiger partial charge in [-0.1, -0.05) is 13.8 Å². The molecule has 2 nitrogen and oxygen atoms in total. The Hall–Kier alpha value is -0.370. The Morgan fingerprint density at radius 1 is 1.38 bits per heavy atom. The second-order valence-electron chi connectivity index (χ2n) is 4.81. The van der Waals surface area contributed by atoms with Crippen molar-refractivity contribution in [3.8, 4) is 0 Å². The zero-order valence-corrected chi connectivity index (χ0v) is 9.34. The van der Waals surface area contributed by atoms with Crippen LogP contribution in [0.25, 0.3) is 0 Å². The van der Waals surface area contributed by atoms with E-state index in [0.717, 1.165) is 16.8 Å². The lowest BCUT2D eigenvalue weighted by Crippen LogP contribution is -2.48. The SMILES string of the molecule is CCC(=O)[C@@H]1CC(CC)C[N+]1(C)C. The van der Waals surface area contributed by atoms with Crippen LogP contribution in [0.15, 0.2) is 0 Å². The monoisotopic (exact) mass is 184 g/mol. The second kappa shape index (κ2) is 3.79. The Labute approximate surface area is 81.5 Å². The third-order valence-electron chi connectivity index (χ3n) is 3.43. The van der Waals surface area contributed by atoms with Crippen molar-refractivity contribution in [2.45, 2.75) is 39.2 Å². The molecule has 0 aromatic heterocycles. The number of ketones is 1. The van der Waals surface area contributed by atoms with Gasteiger partial charge < -0.3 is 4.48 Å². The maximum atomic E-state index is 11.7. The molecule has 1 heterocycles. The molecule has 0 aromatic rings. The lowest BCUT2D eigenvalue weighted by atomic mass is 10.00. The number of Topliss-reactive ketones (excluding diaryl/α,β-unsaturated/α-hetero) is 1. The van der Waals surface area contributed by atoms with E-state index in [1.165, 1.54) is 13.0 Å². The van der Waals surface area contributed by atoms with Crippen molar-refractivity contribution in [3.63, 3.8) is 0 Å². The van der Waals surface area contributed by atoms with Gasteiger partial charge in [0, 0.05) is 18.8 Å². The average Bonchev–Trinajstić information content (AvgIpc) is 2.39. The van der Waals surface area contributed by atoms with E-state index in [-0.39, 0.29) is 6.04 Å². The van der Waals surface area contributed by atoms with Gasteiger partial charge in [-0.2, -0.15) is 0 Å². The Morgan fingerprint density at radius 2 is 2.00 bits per heavy atom. The third-order valence-corrected chi connectivity index (χ3v) is 3.43. The molecule has 0 N–H and O–H groups in total. The summed E-state index contributed by atoms with van der Waals surface area (Å²) in [7, 11) is 4.38. The molecule has 1 rings (SSSR count). The van der Waals surface area contributed by atoms with Crippen LogP contribution in [0.5, 0.6) is 0 Å². The predicted molar refractivity (Wildman–Crippen MR) is 54.5 cm³/mol. The van der Waals surface area contributed by atoms with E-state index < -0.39 is 0 Å². The van der Waals surface area contributed by atoms with E-state index in [4.69, 9.17) is 0 Å². The molecular weight excluding hydrogens is 162 g/mol. The van der Waals surface area contributed by atoms with Crippen molar-refractivity contribution >= 4 is 5.78 Å². The molecule has 76 valence electrons. The van der Waals surface area contributed by atoms with Crippen LogP contribution in [0.3, 0.4) is 0 Å². The summed E-state index contributed by atoms with van der Waals surface area (Å²) in [5.74, 6) is 1.21. The third kappa shape index (κ3) is 2.11. The van der Waals surface area contributed by atoms with E-state index in [9.17, 15) is 4.79 Å². The predicted octanol–water partition coefficient (Wildman–Crippen LogP) is 1.84. The number of likely N-dealkylation sites (tertiary alicyclic amines) is 1. The van der Waals surface area contributed by atoms with E-state index in [2.05, 4.69) is 21.0 Å². The van der Waals surface area contributed by atoms with Gasteiger partial charge in [0.25, 0.3) is 0 Å². The largest absolute Gasteiger partial charge is 0.320 e. The number of hydrogen-bond acceptors (Lipinski definition) is 1. The summed E-state index contributed by atoms with van der Waals surface area (Å²) in [5, 5.41) is 0. The van der Waals surface area contributed by atoms with Gasteiger partial charge in [0.1, 0.15) is 6.04 Å². The molecule has 0 spiro atoms. The van der Waals surface area contributed by atoms with Gasteiger partial charge in [-0.25, -0.2) is 0 Å². The molecule has 1 unspecified atom stereocenters. The Bertz CT molecular complexity index is 198. The first kappa shape index (κ1) is 10.7. The van der Waals surface area contributed by atoms with Crippen LogP contribution in [0.2, 0.25) is 0 Å². The summed E-state index contributed by atoms with van der Waals surface area (Å²) < 4.78 is 0.908. The molecule has 1 aliphatic heterocycles. The van der Waals surface area contributed by atoms with Gasteiger partial charge in [-0.05, 0) is 6.42 Å². The van der Waals surface area contributed by atoms with E-state index in [1.54, 1.807) is 0 Å². The highest BCUT2D eigenvalue weighted by molar-refractivity contribution is 5.82. The summed E-state index contributed by atoms with van der Waals surface area (Å²) in [6, 6.07) is 0.273. The minimum Gasteiger partial charge on any atom is -0.320 e. The van der Waals surface area contributed by atoms with Crippen molar-refractivity contribution < 1.29 is 9.28 Å². The fraction of sp³-hybridized carbons (Fsp3) is 0.909. The number of carbonyl (C=O) groups excluding carboxylic acids is 1. The molecule has 13 heavy (non-hydrogen) atoms. The Balaban J connectivity index is 2.69. The highest BCUT2D eigenvalue weighted by Gasteiger charge is 2.43. The molecule has 1 saturated heterocycles. The Kier molecular flexibility index (Phi) is 3.12. The first-order chi connectivity index (χ1) is 6.01. The van der Waals surface area contributed by atoms with E-state index in [0.29, 0.717) is 12.2 Å². The minimum atomic E-state index is 0.273. The first-order valence-corrected chi connectivity index (χ1v) is 5.36. The molecule has 2 heteroatoms. The zero-order valence-electron chi connectivity index (χ0n) is 9.34. The number of carbonyl (C=O) groups is 1. The lowest BCUT2D eigenvalue weighted by Gasteiger charge is -2.30. The van der Waals surface area contributed by atoms with Gasteiger partial charge in [-0.3, -0.25) is 4.79 Å². The van der Waals surface area contributed by atoms with Crippen molar-refractivity contribution in [1.29, 1.82) is 0 Å². The smallest absolute Gasteiger partial charge is 0.189 e. The zero-order chi connectivity index (χ0) is 10.1. The maximum Gasteiger partial charge on any atom is 0.189 e. The summed E-state index contributed by atoms with van der Waals surface area (Å²) >= 11 is 0. The molecule has 1 aliphatic rings. The topological polar surface area (TPSA) is 17.1 Å². The number of rotatable bonds is 3. The molecule has 0 aromatic carbocycles. The summed E-state index contributed by atoms with van der Waals surface area (Å²) in [5.41, 5.74) is 0. The fourth-order valence-corrected chi connectivity index (χ4v) is 2.52. The molecule has 0 bridgehead atoms. The van der Waals surface area contributed by atoms with Crippen LogP contribution < -0.4 is 0 Å². The number of likely N-dealkylation sites (N-methyl/N-ethyl adjacent to an activating group) is 1. The quantitative estimate of drug-likeness (QED) is 0.612. The summed E-state index contributed by atoms with van der Waals surface area (Å²) in [6.45, 7) is 5.37. The summed E-state index contributed by atoms with van der Waals surface area (Å²) in [4.78, 5) is 11.7. The highest BCUT2D eigenvalue weighted by Crippen LogP contribution is 2.30. The molecular formula is C11H22NO+. The fourth-order valence-electron chi connectivity index (χ4n) is 2.52. The highest BCUT2D eigenvalue weighted by atomic mass is 16.1. The van der Waals surface area contributed by atoms with Gasteiger partial charge >= 0.3 is 0 Å². The van der Waals surface area contributed by atoms with Crippen molar-refractivity contribution in [1.82, 2.24) is 0 Å². The van der Waals surface area contributed by atoms with Gasteiger partial charge in [0.05, 0.1) is 20.6 Å². The normalized spacial score (nSPS) is 32.0. The number of quaternary nitrogens is 1. The second-order valence-corrected chi connectivity index (χ2v) is 4.81. The maximum absolute atomic E-state index is 11.7. The minimum absolute atomic E-state index is 0.273. The van der Waals surface area contributed by atoms with Crippen LogP contribution in [0, 0.1) is 5.92 Å². The van der Waals surface area contributed by atoms with E-state index >= 15 is 0 Å². The molecule has 2 atom stereocenters. The number of nitrogens with zero attached hydrogens (tertiary/aromatic N) is 1. The van der Waals surface area contributed by atoms with Crippen molar-refractivity contribution in [2.24, 2.45) is 5.92 Å². The molecule has 1 fully saturated rings. The lowest BCUT2D eigenvalue weighted by molar-refractivity contribution is -0.894. The van der Waals surface area contributed by atoms with Gasteiger partial charge in [0.2, 0.25) is 0 Å². The summed E-state index contributed by atoms with van der Waals surface area (Å²) in [6.07, 6.45) is 3.02. The van der Waals surface area contributed by atoms with Crippen LogP contribution in [0.1, 0.15) is 33.1 Å². The molecule has 0 saturated carbocycles. The van der Waals surface area contributed by atoms with Crippen molar-refractivity contribution in [2.75, 3.05) is 20.6 Å². The first-order valence-electron chi connectivity index (χ1n) is 5.36. The van der Waals surface area contributed by atoms with Crippen LogP contribution in [-0.2, 0) is 4.79 Å². The standard InChI is InChI=1S/C11H22NO/c1-5-9-7-10(11(13)6-2)12(3,4)8-9/h9-10H,5-8H2,1-4H3/q+1/t9?,10-/m0/s1. The van der Waals surface area contributed by atoms with Crippen LogP contribution in [-0.4, -0.2) is 36.9 Å². The molecule has 0 radical (unpaired) electrons. The van der Waals surface area contributed by atoms with Crippen LogP contribution >= 0.6 is 0 Å². The average molecular weight is 184 g/mol. The Morgan fingerprint density at radius 3 is 2.38 bits per heavy atom. The molecule has 0 aliphatic carbocycles. The van der Waals surface area contributed by atoms with Gasteiger partial charge in [-0.15, -0.1) is 0 Å².